The SMILES string of the molecule is CC(=O)O.CCCCC[C@H](CC[C@H]1CCC2Cc3c(cccc3OCC(=O)O[C@@H]3CNCCC3CC)C[C@@H]21)OC(C)=O. The lowest BCUT2D eigenvalue weighted by Crippen LogP contribution is -2.43. The summed E-state index contributed by atoms with van der Waals surface area (Å²) in [4.78, 5) is 33.2. The van der Waals surface area contributed by atoms with Crippen molar-refractivity contribution < 1.29 is 33.7 Å². The van der Waals surface area contributed by atoms with Gasteiger partial charge in [-0.25, -0.2) is 4.79 Å². The molecule has 0 bridgehead atoms. The molecule has 0 spiro atoms. The highest BCUT2D eigenvalue weighted by Gasteiger charge is 2.40. The first kappa shape index (κ1) is 33.9. The summed E-state index contributed by atoms with van der Waals surface area (Å²) >= 11 is 0. The zero-order chi connectivity index (χ0) is 30.5. The molecular weight excluding hydrogens is 534 g/mol. The van der Waals surface area contributed by atoms with Gasteiger partial charge in [-0.15, -0.1) is 0 Å². The van der Waals surface area contributed by atoms with E-state index >= 15 is 0 Å². The molecule has 8 nitrogen and oxygen atoms in total. The summed E-state index contributed by atoms with van der Waals surface area (Å²) in [6, 6.07) is 6.31. The van der Waals surface area contributed by atoms with Crippen LogP contribution in [0.4, 0.5) is 0 Å². The maximum absolute atomic E-state index is 12.6. The highest BCUT2D eigenvalue weighted by atomic mass is 16.6. The van der Waals surface area contributed by atoms with E-state index in [9.17, 15) is 9.59 Å². The van der Waals surface area contributed by atoms with E-state index in [1.54, 1.807) is 0 Å². The number of nitrogens with one attached hydrogen (secondary N) is 1. The molecule has 42 heavy (non-hydrogen) atoms. The van der Waals surface area contributed by atoms with Crippen LogP contribution in [0, 0.1) is 23.7 Å². The molecule has 6 atom stereocenters. The number of carboxylic acids is 1. The number of benzene rings is 1. The number of ether oxygens (including phenoxy) is 3. The van der Waals surface area contributed by atoms with Gasteiger partial charge in [-0.05, 0) is 112 Å². The number of carbonyl (C=O) groups is 3. The summed E-state index contributed by atoms with van der Waals surface area (Å²) in [6.45, 7) is 8.68. The molecule has 4 rings (SSSR count). The van der Waals surface area contributed by atoms with Crippen LogP contribution in [0.5, 0.6) is 5.75 Å². The van der Waals surface area contributed by atoms with Crippen LogP contribution in [0.2, 0.25) is 0 Å². The van der Waals surface area contributed by atoms with Gasteiger partial charge in [0.25, 0.3) is 5.97 Å². The molecule has 8 heteroatoms. The zero-order valence-corrected chi connectivity index (χ0v) is 26.2. The topological polar surface area (TPSA) is 111 Å². The van der Waals surface area contributed by atoms with Crippen LogP contribution in [-0.4, -0.2) is 54.9 Å². The van der Waals surface area contributed by atoms with E-state index < -0.39 is 5.97 Å². The van der Waals surface area contributed by atoms with Crippen molar-refractivity contribution in [1.82, 2.24) is 5.32 Å². The lowest BCUT2D eigenvalue weighted by atomic mass is 9.73. The minimum Gasteiger partial charge on any atom is -0.482 e. The number of unbranched alkanes of at least 4 members (excludes halogenated alkanes) is 2. The van der Waals surface area contributed by atoms with E-state index in [4.69, 9.17) is 24.1 Å². The van der Waals surface area contributed by atoms with Crippen LogP contribution >= 0.6 is 0 Å². The first-order valence-corrected chi connectivity index (χ1v) is 16.2. The van der Waals surface area contributed by atoms with Gasteiger partial charge in [0.15, 0.2) is 6.61 Å². The molecule has 1 aliphatic heterocycles. The number of carbonyl (C=O) groups excluding carboxylic acids is 2. The van der Waals surface area contributed by atoms with Crippen molar-refractivity contribution in [2.24, 2.45) is 23.7 Å². The molecule has 2 fully saturated rings. The third-order valence-electron chi connectivity index (χ3n) is 9.31. The molecule has 2 aliphatic carbocycles. The van der Waals surface area contributed by atoms with Gasteiger partial charge in [0.2, 0.25) is 0 Å². The second-order valence-electron chi connectivity index (χ2n) is 12.4. The first-order valence-electron chi connectivity index (χ1n) is 16.2. The van der Waals surface area contributed by atoms with Crippen molar-refractivity contribution in [3.63, 3.8) is 0 Å². The summed E-state index contributed by atoms with van der Waals surface area (Å²) in [7, 11) is 0. The van der Waals surface area contributed by atoms with E-state index in [0.29, 0.717) is 23.7 Å². The normalized spacial score (nSPS) is 25.2. The largest absolute Gasteiger partial charge is 0.482 e. The number of aliphatic carboxylic acids is 1. The highest BCUT2D eigenvalue weighted by molar-refractivity contribution is 5.71. The Kier molecular flexibility index (Phi) is 14.1. The van der Waals surface area contributed by atoms with Crippen molar-refractivity contribution >= 4 is 17.9 Å². The van der Waals surface area contributed by atoms with Gasteiger partial charge < -0.3 is 24.6 Å². The van der Waals surface area contributed by atoms with Gasteiger partial charge in [0.05, 0.1) is 0 Å². The monoisotopic (exact) mass is 587 g/mol. The summed E-state index contributed by atoms with van der Waals surface area (Å²) in [5.74, 6) is 2.05. The molecule has 1 saturated carbocycles. The Labute approximate surface area is 252 Å². The van der Waals surface area contributed by atoms with Crippen LogP contribution in [0.15, 0.2) is 18.2 Å². The Morgan fingerprint density at radius 3 is 2.52 bits per heavy atom. The van der Waals surface area contributed by atoms with E-state index in [0.717, 1.165) is 77.1 Å². The number of piperidine rings is 1. The maximum Gasteiger partial charge on any atom is 0.344 e. The van der Waals surface area contributed by atoms with Crippen molar-refractivity contribution in [3.05, 3.63) is 29.3 Å². The quantitative estimate of drug-likeness (QED) is 0.210. The van der Waals surface area contributed by atoms with Crippen molar-refractivity contribution in [1.29, 1.82) is 0 Å². The number of hydrogen-bond acceptors (Lipinski definition) is 7. The van der Waals surface area contributed by atoms with Gasteiger partial charge in [-0.2, -0.15) is 0 Å². The predicted octanol–water partition coefficient (Wildman–Crippen LogP) is 6.12. The Hall–Kier alpha value is -2.61. The number of fused-ring (bicyclic) bond motifs is 2. The average molecular weight is 588 g/mol. The molecule has 236 valence electrons. The molecule has 1 heterocycles. The lowest BCUT2D eigenvalue weighted by Gasteiger charge is -2.33. The molecule has 1 aromatic carbocycles. The van der Waals surface area contributed by atoms with Gasteiger partial charge >= 0.3 is 11.9 Å². The van der Waals surface area contributed by atoms with Gasteiger partial charge in [0, 0.05) is 20.4 Å². The molecule has 2 unspecified atom stereocenters. The summed E-state index contributed by atoms with van der Waals surface area (Å²) in [6.07, 6.45) is 13.3. The summed E-state index contributed by atoms with van der Waals surface area (Å²) < 4.78 is 17.5. The van der Waals surface area contributed by atoms with Crippen molar-refractivity contribution in [3.8, 4) is 5.75 Å². The fraction of sp³-hybridized carbons (Fsp3) is 0.735. The van der Waals surface area contributed by atoms with E-state index in [1.165, 1.54) is 43.7 Å². The van der Waals surface area contributed by atoms with Gasteiger partial charge in [-0.1, -0.05) is 38.8 Å². The third kappa shape index (κ3) is 10.6. The van der Waals surface area contributed by atoms with Crippen LogP contribution in [0.25, 0.3) is 0 Å². The highest BCUT2D eigenvalue weighted by Crippen LogP contribution is 2.48. The van der Waals surface area contributed by atoms with Crippen molar-refractivity contribution in [2.75, 3.05) is 19.7 Å². The molecule has 0 aromatic heterocycles. The number of hydrogen-bond donors (Lipinski definition) is 2. The van der Waals surface area contributed by atoms with Crippen LogP contribution in [0.3, 0.4) is 0 Å². The Morgan fingerprint density at radius 1 is 1.02 bits per heavy atom. The Bertz CT molecular complexity index is 1010. The summed E-state index contributed by atoms with van der Waals surface area (Å²) in [5, 5.41) is 10.8. The first-order chi connectivity index (χ1) is 20.2. The molecule has 2 N–H and O–H groups in total. The average Bonchev–Trinajstić information content (AvgIpc) is 3.35. The van der Waals surface area contributed by atoms with E-state index in [2.05, 4.69) is 31.3 Å². The molecular formula is C34H53NO7. The lowest BCUT2D eigenvalue weighted by molar-refractivity contribution is -0.155. The standard InChI is InChI=1S/C32H49NO5.C2H4O2/c1-4-6-7-10-27(37-22(3)34)15-14-24-12-13-26-19-29-25(18-28(24)26)9-8-11-30(29)36-21-32(35)38-31-20-33-17-16-23(31)5-2;1-2(3)4/h8-9,11,23-24,26-28,31,33H,4-7,10,12-21H2,1-3H3;1H3,(H,3,4)/t23?,24-,26?,27-,28-,31-;/m1./s1. The Morgan fingerprint density at radius 2 is 1.81 bits per heavy atom. The second kappa shape index (κ2) is 17.5. The van der Waals surface area contributed by atoms with Crippen LogP contribution in [0.1, 0.15) is 103 Å². The number of rotatable bonds is 13. The van der Waals surface area contributed by atoms with Crippen LogP contribution in [-0.2, 0) is 36.7 Å². The fourth-order valence-electron chi connectivity index (χ4n) is 7.22. The minimum atomic E-state index is -0.833. The van der Waals surface area contributed by atoms with Gasteiger partial charge in [-0.3, -0.25) is 9.59 Å². The fourth-order valence-corrected chi connectivity index (χ4v) is 7.22. The van der Waals surface area contributed by atoms with Gasteiger partial charge in [0.1, 0.15) is 18.0 Å². The Balaban J connectivity index is 0.00000114. The summed E-state index contributed by atoms with van der Waals surface area (Å²) in [5.41, 5.74) is 2.65. The molecule has 1 aromatic rings. The number of carboxylic acid groups (broad SMARTS) is 1. The zero-order valence-electron chi connectivity index (χ0n) is 26.2. The third-order valence-corrected chi connectivity index (χ3v) is 9.31. The van der Waals surface area contributed by atoms with Crippen molar-refractivity contribution in [2.45, 2.75) is 117 Å². The molecule has 3 aliphatic rings. The number of esters is 2. The minimum absolute atomic E-state index is 0.0321. The maximum atomic E-state index is 12.6. The molecule has 1 saturated heterocycles. The van der Waals surface area contributed by atoms with E-state index in [-0.39, 0.29) is 30.8 Å². The smallest absolute Gasteiger partial charge is 0.344 e. The predicted molar refractivity (Wildman–Crippen MR) is 162 cm³/mol. The second-order valence-corrected chi connectivity index (χ2v) is 12.4. The molecule has 0 amide bonds. The molecule has 0 radical (unpaired) electrons. The van der Waals surface area contributed by atoms with E-state index in [1.807, 2.05) is 6.07 Å². The van der Waals surface area contributed by atoms with Crippen LogP contribution < -0.4 is 10.1 Å².